The standard InChI is InChI=1S/C34H32ClFN4O3/c1-20(38)34(21(2)41)40-18-24-13-29(35)33(14-32(24)42-19-23-12-22(15-37)16-39-17-23)43-31-11-10-26-25(7-5-8-28(26)31)27-6-3-4-9-30(27)36/h3-9,12-14,16-17,21,31,34,40-41H,1,10-11,18-19,38H2,2H3/t21-,31+,34-/m1/s1. The summed E-state index contributed by atoms with van der Waals surface area (Å²) < 4.78 is 27.3. The number of rotatable bonds is 11. The van der Waals surface area contributed by atoms with Crippen LogP contribution in [-0.2, 0) is 19.6 Å². The molecule has 4 N–H and O–H groups in total. The summed E-state index contributed by atoms with van der Waals surface area (Å²) in [5, 5.41) is 23.0. The van der Waals surface area contributed by atoms with Crippen LogP contribution in [0.3, 0.4) is 0 Å². The van der Waals surface area contributed by atoms with Gasteiger partial charge in [0.1, 0.15) is 36.1 Å². The molecule has 0 saturated heterocycles. The molecule has 220 valence electrons. The van der Waals surface area contributed by atoms with Gasteiger partial charge in [-0.15, -0.1) is 0 Å². The van der Waals surface area contributed by atoms with E-state index in [2.05, 4.69) is 22.9 Å². The van der Waals surface area contributed by atoms with Crippen molar-refractivity contribution in [3.63, 3.8) is 0 Å². The monoisotopic (exact) mass is 598 g/mol. The lowest BCUT2D eigenvalue weighted by Gasteiger charge is -2.23. The zero-order chi connectivity index (χ0) is 30.5. The highest BCUT2D eigenvalue weighted by atomic mass is 35.5. The first-order valence-electron chi connectivity index (χ1n) is 13.9. The van der Waals surface area contributed by atoms with E-state index in [4.69, 9.17) is 26.8 Å². The fraction of sp³-hybridized carbons (Fsp3) is 0.235. The molecule has 0 fully saturated rings. The van der Waals surface area contributed by atoms with Crippen molar-refractivity contribution in [2.75, 3.05) is 0 Å². The zero-order valence-corrected chi connectivity index (χ0v) is 24.4. The Balaban J connectivity index is 1.43. The van der Waals surface area contributed by atoms with E-state index in [1.165, 1.54) is 12.3 Å². The first kappa shape index (κ1) is 30.1. The second kappa shape index (κ2) is 13.3. The van der Waals surface area contributed by atoms with E-state index in [1.54, 1.807) is 43.5 Å². The molecule has 0 aliphatic heterocycles. The van der Waals surface area contributed by atoms with Crippen LogP contribution >= 0.6 is 11.6 Å². The summed E-state index contributed by atoms with van der Waals surface area (Å²) in [6.07, 6.45) is 3.51. The van der Waals surface area contributed by atoms with Gasteiger partial charge in [0.25, 0.3) is 0 Å². The molecule has 3 aromatic carbocycles. The molecule has 1 aliphatic rings. The highest BCUT2D eigenvalue weighted by Crippen LogP contribution is 2.43. The Labute approximate surface area is 255 Å². The lowest BCUT2D eigenvalue weighted by Crippen LogP contribution is -2.41. The molecule has 3 atom stereocenters. The Morgan fingerprint density at radius 2 is 1.98 bits per heavy atom. The number of hydrogen-bond donors (Lipinski definition) is 3. The van der Waals surface area contributed by atoms with E-state index in [9.17, 15) is 14.8 Å². The van der Waals surface area contributed by atoms with Gasteiger partial charge in [-0.3, -0.25) is 4.98 Å². The summed E-state index contributed by atoms with van der Waals surface area (Å²) in [5.41, 5.74) is 11.5. The third-order valence-electron chi connectivity index (χ3n) is 7.48. The third kappa shape index (κ3) is 6.81. The fourth-order valence-corrected chi connectivity index (χ4v) is 5.61. The number of nitrogens with zero attached hydrogens (tertiary/aromatic N) is 2. The van der Waals surface area contributed by atoms with Crippen LogP contribution < -0.4 is 20.5 Å². The maximum atomic E-state index is 14.6. The maximum absolute atomic E-state index is 14.6. The minimum Gasteiger partial charge on any atom is -0.488 e. The summed E-state index contributed by atoms with van der Waals surface area (Å²) in [5.74, 6) is 0.675. The van der Waals surface area contributed by atoms with Gasteiger partial charge in [0.15, 0.2) is 0 Å². The van der Waals surface area contributed by atoms with Crippen molar-refractivity contribution in [3.05, 3.63) is 124 Å². The third-order valence-corrected chi connectivity index (χ3v) is 7.77. The molecule has 9 heteroatoms. The molecule has 0 unspecified atom stereocenters. The number of ether oxygens (including phenoxy) is 2. The van der Waals surface area contributed by atoms with Gasteiger partial charge in [0, 0.05) is 47.4 Å². The van der Waals surface area contributed by atoms with Crippen LogP contribution in [0.2, 0.25) is 5.02 Å². The van der Waals surface area contributed by atoms with Gasteiger partial charge in [-0.05, 0) is 54.7 Å². The van der Waals surface area contributed by atoms with Gasteiger partial charge >= 0.3 is 0 Å². The number of benzene rings is 3. The smallest absolute Gasteiger partial charge is 0.142 e. The molecule has 4 aromatic rings. The molecule has 0 amide bonds. The van der Waals surface area contributed by atoms with Crippen molar-refractivity contribution in [2.24, 2.45) is 5.73 Å². The molecule has 1 heterocycles. The van der Waals surface area contributed by atoms with Crippen molar-refractivity contribution < 1.29 is 19.0 Å². The topological polar surface area (TPSA) is 113 Å². The quantitative estimate of drug-likeness (QED) is 0.184. The Hall–Kier alpha value is -4.42. The van der Waals surface area contributed by atoms with Crippen molar-refractivity contribution in [2.45, 2.75) is 51.2 Å². The molecular formula is C34H32ClFN4O3. The van der Waals surface area contributed by atoms with Crippen molar-refractivity contribution >= 4 is 11.6 Å². The van der Waals surface area contributed by atoms with Crippen LogP contribution in [0, 0.1) is 17.1 Å². The predicted octanol–water partition coefficient (Wildman–Crippen LogP) is 6.37. The number of aromatic nitrogens is 1. The molecule has 0 saturated carbocycles. The summed E-state index contributed by atoms with van der Waals surface area (Å²) in [7, 11) is 0. The molecule has 7 nitrogen and oxygen atoms in total. The van der Waals surface area contributed by atoms with E-state index in [1.807, 2.05) is 24.3 Å². The Bertz CT molecular complexity index is 1690. The van der Waals surface area contributed by atoms with E-state index in [0.717, 1.165) is 28.7 Å². The molecule has 0 bridgehead atoms. The summed E-state index contributed by atoms with van der Waals surface area (Å²) in [6.45, 7) is 5.82. The van der Waals surface area contributed by atoms with Crippen LogP contribution in [0.25, 0.3) is 11.1 Å². The second-order valence-electron chi connectivity index (χ2n) is 10.5. The van der Waals surface area contributed by atoms with E-state index in [-0.39, 0.29) is 25.1 Å². The van der Waals surface area contributed by atoms with E-state index < -0.39 is 12.1 Å². The number of pyridine rings is 1. The minimum absolute atomic E-state index is 0.151. The predicted molar refractivity (Wildman–Crippen MR) is 164 cm³/mol. The number of aliphatic hydroxyl groups is 1. The number of hydrogen-bond acceptors (Lipinski definition) is 7. The molecule has 5 rings (SSSR count). The summed E-state index contributed by atoms with van der Waals surface area (Å²) >= 11 is 6.76. The summed E-state index contributed by atoms with van der Waals surface area (Å²) in [4.78, 5) is 4.11. The number of aliphatic hydroxyl groups excluding tert-OH is 1. The largest absolute Gasteiger partial charge is 0.488 e. The molecule has 0 radical (unpaired) electrons. The zero-order valence-electron chi connectivity index (χ0n) is 23.7. The Kier molecular flexibility index (Phi) is 9.27. The SMILES string of the molecule is C=C(N)[C@@H](NCc1cc(Cl)c(O[C@H]2CCc3c(-c4ccccc4F)cccc32)cc1OCc1cncc(C#N)c1)[C@@H](C)O. The van der Waals surface area contributed by atoms with Gasteiger partial charge < -0.3 is 25.6 Å². The molecule has 43 heavy (non-hydrogen) atoms. The normalized spacial score (nSPS) is 15.3. The number of fused-ring (bicyclic) bond motifs is 1. The fourth-order valence-electron chi connectivity index (χ4n) is 5.38. The number of nitrogens with one attached hydrogen (secondary N) is 1. The van der Waals surface area contributed by atoms with Crippen LogP contribution in [0.15, 0.2) is 85.3 Å². The number of halogens is 2. The Morgan fingerprint density at radius 3 is 2.72 bits per heavy atom. The van der Waals surface area contributed by atoms with Crippen LogP contribution in [-0.4, -0.2) is 22.2 Å². The lowest BCUT2D eigenvalue weighted by molar-refractivity contribution is 0.158. The minimum atomic E-state index is -0.767. The average molecular weight is 599 g/mol. The summed E-state index contributed by atoms with van der Waals surface area (Å²) in [6, 6.07) is 19.4. The first-order chi connectivity index (χ1) is 20.7. The van der Waals surface area contributed by atoms with Crippen molar-refractivity contribution in [3.8, 4) is 28.7 Å². The highest BCUT2D eigenvalue weighted by molar-refractivity contribution is 6.32. The van der Waals surface area contributed by atoms with Crippen molar-refractivity contribution in [1.82, 2.24) is 10.3 Å². The lowest BCUT2D eigenvalue weighted by atomic mass is 9.96. The maximum Gasteiger partial charge on any atom is 0.142 e. The molecular weight excluding hydrogens is 567 g/mol. The van der Waals surface area contributed by atoms with Gasteiger partial charge in [0.2, 0.25) is 0 Å². The van der Waals surface area contributed by atoms with Gasteiger partial charge in [-0.1, -0.05) is 54.6 Å². The first-order valence-corrected chi connectivity index (χ1v) is 14.3. The van der Waals surface area contributed by atoms with Crippen molar-refractivity contribution in [1.29, 1.82) is 5.26 Å². The van der Waals surface area contributed by atoms with Gasteiger partial charge in [0.05, 0.1) is 22.7 Å². The average Bonchev–Trinajstić information content (AvgIpc) is 3.40. The second-order valence-corrected chi connectivity index (χ2v) is 11.0. The van der Waals surface area contributed by atoms with Gasteiger partial charge in [-0.25, -0.2) is 4.39 Å². The van der Waals surface area contributed by atoms with Crippen LogP contribution in [0.1, 0.15) is 47.3 Å². The van der Waals surface area contributed by atoms with Crippen LogP contribution in [0.5, 0.6) is 11.5 Å². The Morgan fingerprint density at radius 1 is 1.19 bits per heavy atom. The molecule has 1 aliphatic carbocycles. The van der Waals surface area contributed by atoms with Gasteiger partial charge in [-0.2, -0.15) is 5.26 Å². The molecule has 1 aromatic heterocycles. The van der Waals surface area contributed by atoms with E-state index in [0.29, 0.717) is 45.3 Å². The molecule has 0 spiro atoms. The van der Waals surface area contributed by atoms with E-state index >= 15 is 0 Å². The highest BCUT2D eigenvalue weighted by Gasteiger charge is 2.28. The van der Waals surface area contributed by atoms with Crippen LogP contribution in [0.4, 0.5) is 4.39 Å². The number of nitriles is 1. The number of nitrogens with two attached hydrogens (primary N) is 1.